The van der Waals surface area contributed by atoms with E-state index in [0.717, 1.165) is 32.4 Å². The zero-order chi connectivity index (χ0) is 14.5. The van der Waals surface area contributed by atoms with Crippen LogP contribution in [-0.2, 0) is 19.3 Å². The van der Waals surface area contributed by atoms with Gasteiger partial charge in [-0.3, -0.25) is 4.99 Å². The average molecular weight is 272 g/mol. The fourth-order valence-corrected chi connectivity index (χ4v) is 2.91. The van der Waals surface area contributed by atoms with E-state index in [1.54, 1.807) is 0 Å². The molecule has 0 saturated carbocycles. The monoisotopic (exact) mass is 272 g/mol. The number of aliphatic imine (C=N–C) groups is 1. The van der Waals surface area contributed by atoms with Crippen molar-refractivity contribution in [1.82, 2.24) is 5.32 Å². The van der Waals surface area contributed by atoms with Crippen LogP contribution in [0.5, 0.6) is 0 Å². The highest BCUT2D eigenvalue weighted by atomic mass is 15.1. The van der Waals surface area contributed by atoms with E-state index in [9.17, 15) is 0 Å². The van der Waals surface area contributed by atoms with E-state index in [-0.39, 0.29) is 0 Å². The van der Waals surface area contributed by atoms with Crippen LogP contribution in [0.15, 0.2) is 23.2 Å². The van der Waals surface area contributed by atoms with Crippen LogP contribution in [0, 0.1) is 11.8 Å². The quantitative estimate of drug-likeness (QED) is 0.840. The molecule has 1 aliphatic heterocycles. The molecule has 1 aliphatic rings. The Hall–Kier alpha value is -1.31. The second-order valence-corrected chi connectivity index (χ2v) is 6.68. The SMILES string of the molecule is CC(C)Cc1cccc(CC(C)C)c1CC1=NCCN1. The van der Waals surface area contributed by atoms with Gasteiger partial charge in [-0.2, -0.15) is 0 Å². The van der Waals surface area contributed by atoms with Gasteiger partial charge in [-0.1, -0.05) is 45.9 Å². The predicted octanol–water partition coefficient (Wildman–Crippen LogP) is 3.63. The third kappa shape index (κ3) is 4.09. The van der Waals surface area contributed by atoms with Gasteiger partial charge >= 0.3 is 0 Å². The molecule has 0 fully saturated rings. The molecule has 0 radical (unpaired) electrons. The van der Waals surface area contributed by atoms with Crippen LogP contribution in [-0.4, -0.2) is 18.9 Å². The summed E-state index contributed by atoms with van der Waals surface area (Å²) in [6, 6.07) is 6.83. The number of nitrogens with zero attached hydrogens (tertiary/aromatic N) is 1. The Labute approximate surface area is 123 Å². The summed E-state index contributed by atoms with van der Waals surface area (Å²) in [5.74, 6) is 2.56. The van der Waals surface area contributed by atoms with Gasteiger partial charge in [0.25, 0.3) is 0 Å². The summed E-state index contributed by atoms with van der Waals surface area (Å²) in [5.41, 5.74) is 4.53. The fourth-order valence-electron chi connectivity index (χ4n) is 2.91. The standard InChI is InChI=1S/C18H28N2/c1-13(2)10-15-6-5-7-16(11-14(3)4)17(15)12-18-19-8-9-20-18/h5-7,13-14H,8-12H2,1-4H3,(H,19,20). The van der Waals surface area contributed by atoms with Gasteiger partial charge in [0.1, 0.15) is 5.84 Å². The molecular weight excluding hydrogens is 244 g/mol. The van der Waals surface area contributed by atoms with E-state index in [2.05, 4.69) is 56.2 Å². The molecule has 0 spiro atoms. The van der Waals surface area contributed by atoms with E-state index in [1.165, 1.54) is 22.5 Å². The second-order valence-electron chi connectivity index (χ2n) is 6.68. The summed E-state index contributed by atoms with van der Waals surface area (Å²) in [6.45, 7) is 11.1. The number of nitrogens with one attached hydrogen (secondary N) is 1. The molecule has 110 valence electrons. The van der Waals surface area contributed by atoms with Crippen molar-refractivity contribution >= 4 is 5.84 Å². The van der Waals surface area contributed by atoms with Crippen LogP contribution in [0.4, 0.5) is 0 Å². The Morgan fingerprint density at radius 1 is 1.05 bits per heavy atom. The molecule has 0 atom stereocenters. The first-order valence-electron chi connectivity index (χ1n) is 7.93. The Morgan fingerprint density at radius 3 is 2.10 bits per heavy atom. The van der Waals surface area contributed by atoms with Gasteiger partial charge < -0.3 is 5.32 Å². The summed E-state index contributed by atoms with van der Waals surface area (Å²) in [7, 11) is 0. The summed E-state index contributed by atoms with van der Waals surface area (Å²) in [4.78, 5) is 4.58. The van der Waals surface area contributed by atoms with Crippen LogP contribution in [0.2, 0.25) is 0 Å². The van der Waals surface area contributed by atoms with Gasteiger partial charge in [-0.15, -0.1) is 0 Å². The first-order chi connectivity index (χ1) is 9.56. The van der Waals surface area contributed by atoms with Gasteiger partial charge in [0, 0.05) is 13.0 Å². The zero-order valence-electron chi connectivity index (χ0n) is 13.4. The van der Waals surface area contributed by atoms with Crippen molar-refractivity contribution in [3.8, 4) is 0 Å². The van der Waals surface area contributed by atoms with Crippen molar-refractivity contribution in [2.24, 2.45) is 16.8 Å². The molecular formula is C18H28N2. The normalized spacial score (nSPS) is 14.8. The molecule has 0 aliphatic carbocycles. The molecule has 2 rings (SSSR count). The maximum Gasteiger partial charge on any atom is 0.101 e. The van der Waals surface area contributed by atoms with Gasteiger partial charge in [0.05, 0.1) is 6.54 Å². The van der Waals surface area contributed by atoms with Crippen molar-refractivity contribution in [1.29, 1.82) is 0 Å². The maximum absolute atomic E-state index is 4.58. The summed E-state index contributed by atoms with van der Waals surface area (Å²) < 4.78 is 0. The maximum atomic E-state index is 4.58. The van der Waals surface area contributed by atoms with Crippen molar-refractivity contribution in [2.75, 3.05) is 13.1 Å². The topological polar surface area (TPSA) is 24.4 Å². The molecule has 2 nitrogen and oxygen atoms in total. The minimum atomic E-state index is 0.696. The Balaban J connectivity index is 2.30. The molecule has 1 aromatic carbocycles. The zero-order valence-corrected chi connectivity index (χ0v) is 13.4. The van der Waals surface area contributed by atoms with Crippen LogP contribution < -0.4 is 5.32 Å². The minimum absolute atomic E-state index is 0.696. The van der Waals surface area contributed by atoms with Gasteiger partial charge in [-0.05, 0) is 41.4 Å². The number of benzene rings is 1. The largest absolute Gasteiger partial charge is 0.372 e. The van der Waals surface area contributed by atoms with Crippen molar-refractivity contribution in [3.63, 3.8) is 0 Å². The molecule has 1 aromatic rings. The highest BCUT2D eigenvalue weighted by Crippen LogP contribution is 2.22. The Bertz CT molecular complexity index is 444. The molecule has 0 aromatic heterocycles. The average Bonchev–Trinajstić information content (AvgIpc) is 2.84. The first-order valence-corrected chi connectivity index (χ1v) is 7.93. The van der Waals surface area contributed by atoms with Crippen molar-refractivity contribution in [3.05, 3.63) is 34.9 Å². The third-order valence-corrected chi connectivity index (χ3v) is 3.71. The first kappa shape index (κ1) is 15.1. The van der Waals surface area contributed by atoms with Crippen LogP contribution in [0.3, 0.4) is 0 Å². The minimum Gasteiger partial charge on any atom is -0.372 e. The molecule has 0 amide bonds. The lowest BCUT2D eigenvalue weighted by molar-refractivity contribution is 0.630. The second kappa shape index (κ2) is 6.92. The number of hydrogen-bond acceptors (Lipinski definition) is 2. The van der Waals surface area contributed by atoms with Gasteiger partial charge in [0.2, 0.25) is 0 Å². The van der Waals surface area contributed by atoms with E-state index in [1.807, 2.05) is 0 Å². The fraction of sp³-hybridized carbons (Fsp3) is 0.611. The smallest absolute Gasteiger partial charge is 0.101 e. The van der Waals surface area contributed by atoms with Gasteiger partial charge in [0.15, 0.2) is 0 Å². The number of hydrogen-bond donors (Lipinski definition) is 1. The Morgan fingerprint density at radius 2 is 1.65 bits per heavy atom. The lowest BCUT2D eigenvalue weighted by atomic mass is 9.89. The molecule has 0 bridgehead atoms. The number of rotatable bonds is 6. The number of amidine groups is 1. The van der Waals surface area contributed by atoms with E-state index in [4.69, 9.17) is 0 Å². The summed E-state index contributed by atoms with van der Waals surface area (Å²) >= 11 is 0. The van der Waals surface area contributed by atoms with Crippen LogP contribution in [0.25, 0.3) is 0 Å². The third-order valence-electron chi connectivity index (χ3n) is 3.71. The van der Waals surface area contributed by atoms with E-state index in [0.29, 0.717) is 11.8 Å². The lowest BCUT2D eigenvalue weighted by Crippen LogP contribution is -2.22. The molecule has 20 heavy (non-hydrogen) atoms. The van der Waals surface area contributed by atoms with Crippen LogP contribution in [0.1, 0.15) is 44.4 Å². The molecule has 1 heterocycles. The molecule has 0 saturated heterocycles. The lowest BCUT2D eigenvalue weighted by Gasteiger charge is -2.18. The summed E-state index contributed by atoms with van der Waals surface area (Å²) in [6.07, 6.45) is 3.30. The highest BCUT2D eigenvalue weighted by molar-refractivity contribution is 5.86. The molecule has 0 unspecified atom stereocenters. The predicted molar refractivity (Wildman–Crippen MR) is 87.5 cm³/mol. The van der Waals surface area contributed by atoms with Crippen LogP contribution >= 0.6 is 0 Å². The highest BCUT2D eigenvalue weighted by Gasteiger charge is 2.14. The van der Waals surface area contributed by atoms with E-state index >= 15 is 0 Å². The van der Waals surface area contributed by atoms with Crippen molar-refractivity contribution < 1.29 is 0 Å². The van der Waals surface area contributed by atoms with Gasteiger partial charge in [-0.25, -0.2) is 0 Å². The summed E-state index contributed by atoms with van der Waals surface area (Å²) in [5, 5.41) is 3.42. The van der Waals surface area contributed by atoms with Crippen molar-refractivity contribution in [2.45, 2.75) is 47.0 Å². The molecule has 1 N–H and O–H groups in total. The van der Waals surface area contributed by atoms with E-state index < -0.39 is 0 Å². The molecule has 2 heteroatoms. The Kier molecular flexibility index (Phi) is 5.22.